The van der Waals surface area contributed by atoms with E-state index in [1.54, 1.807) is 6.92 Å². The van der Waals surface area contributed by atoms with E-state index in [-0.39, 0.29) is 10.9 Å². The van der Waals surface area contributed by atoms with Gasteiger partial charge in [0.25, 0.3) is 0 Å². The highest BCUT2D eigenvalue weighted by Gasteiger charge is 2.25. The summed E-state index contributed by atoms with van der Waals surface area (Å²) in [5.41, 5.74) is 0.549. The monoisotopic (exact) mass is 328 g/mol. The van der Waals surface area contributed by atoms with Crippen LogP contribution in [0.25, 0.3) is 0 Å². The van der Waals surface area contributed by atoms with E-state index in [9.17, 15) is 12.8 Å². The lowest BCUT2D eigenvalue weighted by atomic mass is 10.0. The molecule has 0 spiro atoms. The average Bonchev–Trinajstić information content (AvgIpc) is 2.48. The molecule has 4 nitrogen and oxygen atoms in total. The maximum atomic E-state index is 13.3. The number of nitrogens with zero attached hydrogens (tertiary/aromatic N) is 1. The Kier molecular flexibility index (Phi) is 5.58. The van der Waals surface area contributed by atoms with Crippen molar-refractivity contribution in [2.24, 2.45) is 0 Å². The molecule has 22 heavy (non-hydrogen) atoms. The van der Waals surface area contributed by atoms with E-state index in [2.05, 4.69) is 16.5 Å². The number of sulfonamides is 1. The second-order valence-electron chi connectivity index (χ2n) is 6.19. The number of piperidine rings is 1. The minimum absolute atomic E-state index is 0.0198. The zero-order valence-corrected chi connectivity index (χ0v) is 14.3. The van der Waals surface area contributed by atoms with Crippen LogP contribution in [0.15, 0.2) is 23.1 Å². The van der Waals surface area contributed by atoms with Gasteiger partial charge in [0.05, 0.1) is 4.90 Å². The average molecular weight is 328 g/mol. The highest BCUT2D eigenvalue weighted by molar-refractivity contribution is 7.89. The van der Waals surface area contributed by atoms with Gasteiger partial charge in [0.2, 0.25) is 10.0 Å². The summed E-state index contributed by atoms with van der Waals surface area (Å²) < 4.78 is 40.7. The van der Waals surface area contributed by atoms with E-state index < -0.39 is 15.8 Å². The molecule has 0 aromatic heterocycles. The smallest absolute Gasteiger partial charge is 0.240 e. The minimum atomic E-state index is -3.68. The van der Waals surface area contributed by atoms with Crippen molar-refractivity contribution in [3.63, 3.8) is 0 Å². The van der Waals surface area contributed by atoms with Gasteiger partial charge < -0.3 is 0 Å². The van der Waals surface area contributed by atoms with Gasteiger partial charge in [-0.1, -0.05) is 12.5 Å². The molecule has 1 fully saturated rings. The van der Waals surface area contributed by atoms with E-state index in [4.69, 9.17) is 0 Å². The molecule has 1 N–H and O–H groups in total. The first kappa shape index (κ1) is 17.4. The summed E-state index contributed by atoms with van der Waals surface area (Å²) >= 11 is 0. The quantitative estimate of drug-likeness (QED) is 0.904. The van der Waals surface area contributed by atoms with Crippen molar-refractivity contribution in [1.82, 2.24) is 9.62 Å². The summed E-state index contributed by atoms with van der Waals surface area (Å²) in [6.45, 7) is 7.22. The van der Waals surface area contributed by atoms with Crippen LogP contribution in [0.5, 0.6) is 0 Å². The maximum absolute atomic E-state index is 13.3. The maximum Gasteiger partial charge on any atom is 0.240 e. The van der Waals surface area contributed by atoms with Gasteiger partial charge in [0, 0.05) is 18.6 Å². The number of rotatable bonds is 5. The predicted octanol–water partition coefficient (Wildman–Crippen LogP) is 2.68. The summed E-state index contributed by atoms with van der Waals surface area (Å²) in [7, 11) is -3.68. The Morgan fingerprint density at radius 3 is 2.82 bits per heavy atom. The van der Waals surface area contributed by atoms with E-state index in [0.717, 1.165) is 25.5 Å². The highest BCUT2D eigenvalue weighted by atomic mass is 32.2. The van der Waals surface area contributed by atoms with Crippen LogP contribution in [0.3, 0.4) is 0 Å². The summed E-state index contributed by atoms with van der Waals surface area (Å²) in [4.78, 5) is 2.36. The van der Waals surface area contributed by atoms with Gasteiger partial charge in [-0.2, -0.15) is 0 Å². The largest absolute Gasteiger partial charge is 0.297 e. The van der Waals surface area contributed by atoms with Crippen molar-refractivity contribution in [1.29, 1.82) is 0 Å². The molecular weight excluding hydrogens is 303 g/mol. The molecule has 1 saturated heterocycles. The highest BCUT2D eigenvalue weighted by Crippen LogP contribution is 2.20. The standard InChI is InChI=1S/C16H25FN2O2S/c1-12-7-8-15(17)10-16(12)22(20,21)18-11-14(3)19-9-5-4-6-13(19)2/h7-8,10,13-14,18H,4-6,9,11H2,1-3H3/t13-,14-/m1/s1. The molecule has 0 radical (unpaired) electrons. The molecule has 124 valence electrons. The SMILES string of the molecule is Cc1ccc(F)cc1S(=O)(=O)NC[C@@H](C)N1CCCC[C@H]1C. The van der Waals surface area contributed by atoms with Crippen LogP contribution in [0.4, 0.5) is 4.39 Å². The molecule has 0 aliphatic carbocycles. The molecule has 1 aliphatic heterocycles. The fourth-order valence-electron chi connectivity index (χ4n) is 3.06. The summed E-state index contributed by atoms with van der Waals surface area (Å²) in [5, 5.41) is 0. The lowest BCUT2D eigenvalue weighted by Crippen LogP contribution is -2.48. The number of hydrogen-bond acceptors (Lipinski definition) is 3. The number of hydrogen-bond donors (Lipinski definition) is 1. The molecule has 1 heterocycles. The number of aryl methyl sites for hydroxylation is 1. The van der Waals surface area contributed by atoms with E-state index >= 15 is 0 Å². The Bertz CT molecular complexity index is 619. The third-order valence-corrected chi connectivity index (χ3v) is 5.99. The molecule has 0 bridgehead atoms. The van der Waals surface area contributed by atoms with Crippen LogP contribution in [0, 0.1) is 12.7 Å². The molecule has 1 aliphatic rings. The Balaban J connectivity index is 2.04. The molecule has 6 heteroatoms. The van der Waals surface area contributed by atoms with Crippen molar-refractivity contribution < 1.29 is 12.8 Å². The summed E-state index contributed by atoms with van der Waals surface area (Å²) in [5.74, 6) is -0.538. The van der Waals surface area contributed by atoms with Crippen molar-refractivity contribution in [3.05, 3.63) is 29.6 Å². The third-order valence-electron chi connectivity index (χ3n) is 4.43. The van der Waals surface area contributed by atoms with E-state index in [1.807, 2.05) is 6.92 Å². The van der Waals surface area contributed by atoms with Crippen molar-refractivity contribution in [3.8, 4) is 0 Å². The molecule has 2 atom stereocenters. The molecule has 0 unspecified atom stereocenters. The second-order valence-corrected chi connectivity index (χ2v) is 7.93. The first-order valence-electron chi connectivity index (χ1n) is 7.83. The second kappa shape index (κ2) is 7.06. The number of halogens is 1. The van der Waals surface area contributed by atoms with E-state index in [1.165, 1.54) is 18.6 Å². The Hall–Kier alpha value is -0.980. The zero-order chi connectivity index (χ0) is 16.3. The zero-order valence-electron chi connectivity index (χ0n) is 13.5. The van der Waals surface area contributed by atoms with Gasteiger partial charge in [-0.15, -0.1) is 0 Å². The van der Waals surface area contributed by atoms with Gasteiger partial charge in [-0.05, 0) is 57.9 Å². The van der Waals surface area contributed by atoms with Crippen LogP contribution in [-0.2, 0) is 10.0 Å². The molecule has 1 aromatic rings. The van der Waals surface area contributed by atoms with Crippen LogP contribution in [0.2, 0.25) is 0 Å². The number of benzene rings is 1. The van der Waals surface area contributed by atoms with Crippen molar-refractivity contribution in [2.45, 2.75) is 57.0 Å². The van der Waals surface area contributed by atoms with Crippen molar-refractivity contribution >= 4 is 10.0 Å². The van der Waals surface area contributed by atoms with Crippen LogP contribution < -0.4 is 4.72 Å². The van der Waals surface area contributed by atoms with Gasteiger partial charge >= 0.3 is 0 Å². The first-order valence-corrected chi connectivity index (χ1v) is 9.31. The molecule has 0 saturated carbocycles. The van der Waals surface area contributed by atoms with Crippen LogP contribution in [0.1, 0.15) is 38.7 Å². The van der Waals surface area contributed by atoms with Crippen LogP contribution >= 0.6 is 0 Å². The van der Waals surface area contributed by atoms with Gasteiger partial charge in [0.15, 0.2) is 0 Å². The van der Waals surface area contributed by atoms with Gasteiger partial charge in [-0.3, -0.25) is 4.90 Å². The van der Waals surface area contributed by atoms with Crippen LogP contribution in [-0.4, -0.2) is 38.5 Å². The summed E-state index contributed by atoms with van der Waals surface area (Å²) in [6.07, 6.45) is 3.54. The lowest BCUT2D eigenvalue weighted by molar-refractivity contribution is 0.116. The minimum Gasteiger partial charge on any atom is -0.297 e. The Labute approximate surface area is 132 Å². The van der Waals surface area contributed by atoms with Gasteiger partial charge in [-0.25, -0.2) is 17.5 Å². The molecule has 2 rings (SSSR count). The summed E-state index contributed by atoms with van der Waals surface area (Å²) in [6, 6.07) is 4.43. The third kappa shape index (κ3) is 4.06. The van der Waals surface area contributed by atoms with E-state index in [0.29, 0.717) is 18.2 Å². The van der Waals surface area contributed by atoms with Crippen molar-refractivity contribution in [2.75, 3.05) is 13.1 Å². The predicted molar refractivity (Wildman–Crippen MR) is 85.8 cm³/mol. The fraction of sp³-hybridized carbons (Fsp3) is 0.625. The Morgan fingerprint density at radius 2 is 2.14 bits per heavy atom. The lowest BCUT2D eigenvalue weighted by Gasteiger charge is -2.38. The normalized spacial score (nSPS) is 21.7. The Morgan fingerprint density at radius 1 is 1.41 bits per heavy atom. The first-order chi connectivity index (χ1) is 10.3. The number of nitrogens with one attached hydrogen (secondary N) is 1. The molecular formula is C16H25FN2O2S. The fourth-order valence-corrected chi connectivity index (χ4v) is 4.44. The van der Waals surface area contributed by atoms with Gasteiger partial charge in [0.1, 0.15) is 5.82 Å². The molecule has 1 aromatic carbocycles. The number of likely N-dealkylation sites (tertiary alicyclic amines) is 1. The molecule has 0 amide bonds. The topological polar surface area (TPSA) is 49.4 Å².